The van der Waals surface area contributed by atoms with Crippen molar-refractivity contribution in [1.29, 1.82) is 0 Å². The van der Waals surface area contributed by atoms with Gasteiger partial charge in [-0.05, 0) is 50.9 Å². The number of anilines is 1. The summed E-state index contributed by atoms with van der Waals surface area (Å²) in [5.74, 6) is 0.706. The molecule has 4 heteroatoms. The van der Waals surface area contributed by atoms with Crippen LogP contribution in [-0.2, 0) is 0 Å². The van der Waals surface area contributed by atoms with Crippen LogP contribution in [0.3, 0.4) is 0 Å². The normalized spacial score (nSPS) is 16.6. The highest BCUT2D eigenvalue weighted by atomic mass is 19.1. The average molecular weight is 252 g/mol. The van der Waals surface area contributed by atoms with E-state index in [0.29, 0.717) is 18.3 Å². The van der Waals surface area contributed by atoms with Crippen LogP contribution in [0.2, 0.25) is 0 Å². The molecular formula is C14H21FN2O. The molecule has 1 aliphatic heterocycles. The second-order valence-corrected chi connectivity index (χ2v) is 4.65. The maximum absolute atomic E-state index is 13.6. The molecule has 0 aliphatic carbocycles. The number of ether oxygens (including phenoxy) is 1. The number of halogens is 1. The maximum atomic E-state index is 13.6. The van der Waals surface area contributed by atoms with Crippen LogP contribution in [0, 0.1) is 11.7 Å². The van der Waals surface area contributed by atoms with Gasteiger partial charge in [-0.1, -0.05) is 0 Å². The lowest BCUT2D eigenvalue weighted by molar-refractivity contribution is 0.321. The molecule has 3 nitrogen and oxygen atoms in total. The zero-order chi connectivity index (χ0) is 12.8. The van der Waals surface area contributed by atoms with Gasteiger partial charge in [0.1, 0.15) is 0 Å². The van der Waals surface area contributed by atoms with Crippen LogP contribution in [0.4, 0.5) is 10.1 Å². The molecule has 0 unspecified atom stereocenters. The van der Waals surface area contributed by atoms with Crippen LogP contribution in [0.1, 0.15) is 19.8 Å². The van der Waals surface area contributed by atoms with Gasteiger partial charge < -0.3 is 15.4 Å². The molecule has 0 radical (unpaired) electrons. The first-order chi connectivity index (χ1) is 8.79. The molecule has 2 N–H and O–H groups in total. The number of piperidine rings is 1. The smallest absolute Gasteiger partial charge is 0.167 e. The Balaban J connectivity index is 1.87. The van der Waals surface area contributed by atoms with Crippen molar-refractivity contribution >= 4 is 5.69 Å². The summed E-state index contributed by atoms with van der Waals surface area (Å²) in [6, 6.07) is 5.06. The third-order valence-electron chi connectivity index (χ3n) is 3.29. The summed E-state index contributed by atoms with van der Waals surface area (Å²) in [6.45, 7) is 5.42. The molecule has 1 saturated heterocycles. The van der Waals surface area contributed by atoms with E-state index in [2.05, 4.69) is 10.6 Å². The van der Waals surface area contributed by atoms with Gasteiger partial charge in [-0.25, -0.2) is 4.39 Å². The molecule has 0 amide bonds. The number of hydrogen-bond donors (Lipinski definition) is 2. The largest absolute Gasteiger partial charge is 0.491 e. The molecule has 0 bridgehead atoms. The first-order valence-electron chi connectivity index (χ1n) is 6.66. The van der Waals surface area contributed by atoms with Crippen LogP contribution < -0.4 is 15.4 Å². The fourth-order valence-electron chi connectivity index (χ4n) is 2.23. The van der Waals surface area contributed by atoms with Crippen LogP contribution in [-0.4, -0.2) is 26.2 Å². The summed E-state index contributed by atoms with van der Waals surface area (Å²) in [4.78, 5) is 0. The minimum Gasteiger partial charge on any atom is -0.491 e. The van der Waals surface area contributed by atoms with E-state index in [0.717, 1.165) is 25.3 Å². The van der Waals surface area contributed by atoms with Crippen molar-refractivity contribution < 1.29 is 9.13 Å². The van der Waals surface area contributed by atoms with Gasteiger partial charge in [0.05, 0.1) is 6.61 Å². The van der Waals surface area contributed by atoms with Gasteiger partial charge >= 0.3 is 0 Å². The minimum atomic E-state index is -0.299. The first kappa shape index (κ1) is 13.1. The van der Waals surface area contributed by atoms with E-state index in [-0.39, 0.29) is 5.82 Å². The van der Waals surface area contributed by atoms with Crippen molar-refractivity contribution in [3.05, 3.63) is 24.0 Å². The van der Waals surface area contributed by atoms with E-state index in [1.54, 1.807) is 6.07 Å². The molecule has 1 heterocycles. The molecule has 2 rings (SSSR count). The predicted octanol–water partition coefficient (Wildman–Crippen LogP) is 2.64. The summed E-state index contributed by atoms with van der Waals surface area (Å²) in [7, 11) is 0. The summed E-state index contributed by atoms with van der Waals surface area (Å²) >= 11 is 0. The zero-order valence-electron chi connectivity index (χ0n) is 10.8. The second-order valence-electron chi connectivity index (χ2n) is 4.65. The summed E-state index contributed by atoms with van der Waals surface area (Å²) in [6.07, 6.45) is 2.37. The average Bonchev–Trinajstić information content (AvgIpc) is 2.41. The Morgan fingerprint density at radius 2 is 2.17 bits per heavy atom. The Hall–Kier alpha value is -1.29. The monoisotopic (exact) mass is 252 g/mol. The van der Waals surface area contributed by atoms with Crippen molar-refractivity contribution in [3.8, 4) is 5.75 Å². The Bertz CT molecular complexity index is 378. The van der Waals surface area contributed by atoms with E-state index in [4.69, 9.17) is 4.74 Å². The first-order valence-corrected chi connectivity index (χ1v) is 6.66. The molecule has 1 aliphatic rings. The zero-order valence-corrected chi connectivity index (χ0v) is 10.8. The molecular weight excluding hydrogens is 231 g/mol. The maximum Gasteiger partial charge on any atom is 0.167 e. The fraction of sp³-hybridized carbons (Fsp3) is 0.571. The van der Waals surface area contributed by atoms with Crippen LogP contribution in [0.5, 0.6) is 5.75 Å². The van der Waals surface area contributed by atoms with Gasteiger partial charge in [-0.2, -0.15) is 0 Å². The highest BCUT2D eigenvalue weighted by Gasteiger charge is 2.12. The fourth-order valence-corrected chi connectivity index (χ4v) is 2.23. The highest BCUT2D eigenvalue weighted by Crippen LogP contribution is 2.22. The molecule has 18 heavy (non-hydrogen) atoms. The third kappa shape index (κ3) is 3.60. The van der Waals surface area contributed by atoms with E-state index >= 15 is 0 Å². The molecule has 1 aromatic rings. The molecule has 0 spiro atoms. The van der Waals surface area contributed by atoms with Gasteiger partial charge in [0, 0.05) is 18.3 Å². The van der Waals surface area contributed by atoms with Crippen LogP contribution in [0.15, 0.2) is 18.2 Å². The summed E-state index contributed by atoms with van der Waals surface area (Å²) < 4.78 is 18.8. The van der Waals surface area contributed by atoms with Gasteiger partial charge in [0.2, 0.25) is 0 Å². The quantitative estimate of drug-likeness (QED) is 0.845. The van der Waals surface area contributed by atoms with Crippen molar-refractivity contribution in [3.63, 3.8) is 0 Å². The lowest BCUT2D eigenvalue weighted by Crippen LogP contribution is -2.31. The molecule has 100 valence electrons. The van der Waals surface area contributed by atoms with Crippen LogP contribution in [0.25, 0.3) is 0 Å². The lowest BCUT2D eigenvalue weighted by Gasteiger charge is -2.23. The van der Waals surface area contributed by atoms with E-state index in [1.807, 2.05) is 13.0 Å². The number of hydrogen-bond acceptors (Lipinski definition) is 3. The molecule has 0 aromatic heterocycles. The van der Waals surface area contributed by atoms with Crippen molar-refractivity contribution in [2.75, 3.05) is 31.6 Å². The predicted molar refractivity (Wildman–Crippen MR) is 71.7 cm³/mol. The van der Waals surface area contributed by atoms with Gasteiger partial charge in [-0.15, -0.1) is 0 Å². The second kappa shape index (κ2) is 6.59. The standard InChI is InChI=1S/C14H21FN2O/c1-2-18-14-4-3-12(9-13(14)15)17-10-11-5-7-16-8-6-11/h3-4,9,11,16-17H,2,5-8,10H2,1H3. The lowest BCUT2D eigenvalue weighted by atomic mass is 9.98. The topological polar surface area (TPSA) is 33.3 Å². The van der Waals surface area contributed by atoms with Crippen molar-refractivity contribution in [1.82, 2.24) is 5.32 Å². The van der Waals surface area contributed by atoms with Crippen molar-refractivity contribution in [2.24, 2.45) is 5.92 Å². The van der Waals surface area contributed by atoms with Crippen LogP contribution >= 0.6 is 0 Å². The number of nitrogens with one attached hydrogen (secondary N) is 2. The van der Waals surface area contributed by atoms with E-state index < -0.39 is 0 Å². The highest BCUT2D eigenvalue weighted by molar-refractivity contribution is 5.47. The minimum absolute atomic E-state index is 0.299. The summed E-state index contributed by atoms with van der Waals surface area (Å²) in [5.41, 5.74) is 0.828. The number of rotatable bonds is 5. The molecule has 1 aromatic carbocycles. The van der Waals surface area contributed by atoms with Gasteiger partial charge in [0.15, 0.2) is 11.6 Å². The molecule has 0 saturated carbocycles. The SMILES string of the molecule is CCOc1ccc(NCC2CCNCC2)cc1F. The summed E-state index contributed by atoms with van der Waals surface area (Å²) in [5, 5.41) is 6.64. The third-order valence-corrected chi connectivity index (χ3v) is 3.29. The van der Waals surface area contributed by atoms with Gasteiger partial charge in [-0.3, -0.25) is 0 Å². The molecule has 1 fully saturated rings. The molecule has 0 atom stereocenters. The van der Waals surface area contributed by atoms with E-state index in [1.165, 1.54) is 18.9 Å². The van der Waals surface area contributed by atoms with Gasteiger partial charge in [0.25, 0.3) is 0 Å². The van der Waals surface area contributed by atoms with Crippen molar-refractivity contribution in [2.45, 2.75) is 19.8 Å². The van der Waals surface area contributed by atoms with E-state index in [9.17, 15) is 4.39 Å². The Labute approximate surface area is 108 Å². The Morgan fingerprint density at radius 1 is 1.39 bits per heavy atom. The Kier molecular flexibility index (Phi) is 4.81. The number of benzene rings is 1. The Morgan fingerprint density at radius 3 is 2.83 bits per heavy atom.